The third kappa shape index (κ3) is 5.09. The van der Waals surface area contributed by atoms with Crippen LogP contribution < -0.4 is 9.80 Å². The Kier molecular flexibility index (Phi) is 7.23. The van der Waals surface area contributed by atoms with Gasteiger partial charge < -0.3 is 19.6 Å². The molecular formula is C30H35N3O3. The Morgan fingerprint density at radius 2 is 1.89 bits per heavy atom. The van der Waals surface area contributed by atoms with Crippen molar-refractivity contribution in [3.05, 3.63) is 83.0 Å². The highest BCUT2D eigenvalue weighted by Crippen LogP contribution is 2.38. The van der Waals surface area contributed by atoms with E-state index in [0.717, 1.165) is 73.8 Å². The van der Waals surface area contributed by atoms with Gasteiger partial charge in [0.15, 0.2) is 0 Å². The number of aromatic nitrogens is 1. The maximum absolute atomic E-state index is 14.1. The van der Waals surface area contributed by atoms with Crippen LogP contribution >= 0.6 is 0 Å². The van der Waals surface area contributed by atoms with Crippen LogP contribution in [-0.2, 0) is 22.5 Å². The zero-order valence-electron chi connectivity index (χ0n) is 21.2. The van der Waals surface area contributed by atoms with Gasteiger partial charge in [-0.15, -0.1) is 0 Å². The Bertz CT molecular complexity index is 1190. The lowest BCUT2D eigenvalue weighted by Gasteiger charge is -2.32. The van der Waals surface area contributed by atoms with Gasteiger partial charge in [-0.2, -0.15) is 0 Å². The largest absolute Gasteiger partial charge is 0.508 e. The molecule has 0 radical (unpaired) electrons. The van der Waals surface area contributed by atoms with Crippen LogP contribution in [0.2, 0.25) is 0 Å². The number of benzene rings is 2. The molecule has 0 bridgehead atoms. The van der Waals surface area contributed by atoms with Gasteiger partial charge in [0.05, 0.1) is 25.7 Å². The van der Waals surface area contributed by atoms with E-state index in [1.165, 1.54) is 5.56 Å². The van der Waals surface area contributed by atoms with Crippen molar-refractivity contribution in [1.29, 1.82) is 0 Å². The first-order valence-corrected chi connectivity index (χ1v) is 13.0. The van der Waals surface area contributed by atoms with E-state index in [9.17, 15) is 9.90 Å². The molecule has 1 fully saturated rings. The summed E-state index contributed by atoms with van der Waals surface area (Å²) in [5, 5.41) is 10.4. The van der Waals surface area contributed by atoms with E-state index < -0.39 is 0 Å². The zero-order chi connectivity index (χ0) is 25.1. The highest BCUT2D eigenvalue weighted by atomic mass is 16.5. The Hall–Kier alpha value is -3.38. The Morgan fingerprint density at radius 1 is 1.11 bits per heavy atom. The van der Waals surface area contributed by atoms with E-state index in [0.29, 0.717) is 18.2 Å². The van der Waals surface area contributed by atoms with E-state index in [1.807, 2.05) is 29.3 Å². The van der Waals surface area contributed by atoms with Crippen molar-refractivity contribution in [2.75, 3.05) is 36.1 Å². The molecule has 1 aliphatic heterocycles. The van der Waals surface area contributed by atoms with Crippen molar-refractivity contribution in [3.63, 3.8) is 0 Å². The molecule has 3 aromatic rings. The molecule has 6 nitrogen and oxygen atoms in total. The molecule has 1 unspecified atom stereocenters. The quantitative estimate of drug-likeness (QED) is 0.506. The Morgan fingerprint density at radius 3 is 2.58 bits per heavy atom. The summed E-state index contributed by atoms with van der Waals surface area (Å²) in [7, 11) is 0. The normalized spacial score (nSPS) is 17.6. The Balaban J connectivity index is 1.44. The first-order chi connectivity index (χ1) is 17.5. The molecule has 2 heterocycles. The van der Waals surface area contributed by atoms with Crippen molar-refractivity contribution in [2.45, 2.75) is 51.5 Å². The van der Waals surface area contributed by atoms with E-state index in [2.05, 4.69) is 49.1 Å². The van der Waals surface area contributed by atoms with E-state index in [4.69, 9.17) is 9.72 Å². The second kappa shape index (κ2) is 10.7. The Labute approximate surface area is 213 Å². The maximum atomic E-state index is 14.1. The summed E-state index contributed by atoms with van der Waals surface area (Å²) < 4.78 is 5.46. The monoisotopic (exact) mass is 485 g/mol. The van der Waals surface area contributed by atoms with Gasteiger partial charge in [0.2, 0.25) is 5.91 Å². The van der Waals surface area contributed by atoms with Crippen LogP contribution in [0.15, 0.2) is 60.8 Å². The number of pyridine rings is 1. The summed E-state index contributed by atoms with van der Waals surface area (Å²) in [6.45, 7) is 7.91. The molecule has 6 heteroatoms. The number of aromatic hydroxyl groups is 1. The number of phenols is 1. The molecule has 0 saturated carbocycles. The fourth-order valence-corrected chi connectivity index (χ4v) is 5.28. The average Bonchev–Trinajstić information content (AvgIpc) is 2.92. The van der Waals surface area contributed by atoms with Crippen molar-refractivity contribution in [3.8, 4) is 5.75 Å². The summed E-state index contributed by atoms with van der Waals surface area (Å²) in [5.74, 6) is 1.45. The van der Waals surface area contributed by atoms with Crippen LogP contribution in [0.5, 0.6) is 5.75 Å². The minimum atomic E-state index is -0.272. The maximum Gasteiger partial charge on any atom is 0.234 e. The number of ether oxygens (including phenoxy) is 1. The summed E-state index contributed by atoms with van der Waals surface area (Å²) in [4.78, 5) is 22.9. The molecule has 2 aliphatic rings. The molecule has 1 aliphatic carbocycles. The summed E-state index contributed by atoms with van der Waals surface area (Å²) in [5.41, 5.74) is 4.98. The van der Waals surface area contributed by atoms with E-state index in [1.54, 1.807) is 6.07 Å². The van der Waals surface area contributed by atoms with Gasteiger partial charge in [0.1, 0.15) is 11.6 Å². The number of morpholine rings is 1. The van der Waals surface area contributed by atoms with Crippen molar-refractivity contribution < 1.29 is 14.6 Å². The predicted molar refractivity (Wildman–Crippen MR) is 143 cm³/mol. The summed E-state index contributed by atoms with van der Waals surface area (Å²) in [6, 6.07) is 18.0. The molecule has 0 spiro atoms. The number of anilines is 2. The third-order valence-electron chi connectivity index (χ3n) is 7.40. The number of carbonyl (C=O) groups is 1. The number of fused-ring (bicyclic) bond motifs is 1. The second-order valence-corrected chi connectivity index (χ2v) is 10.1. The van der Waals surface area contributed by atoms with Gasteiger partial charge in [-0.3, -0.25) is 4.79 Å². The van der Waals surface area contributed by atoms with Gasteiger partial charge in [0.25, 0.3) is 0 Å². The molecule has 188 valence electrons. The first kappa shape index (κ1) is 24.3. The van der Waals surface area contributed by atoms with Crippen LogP contribution in [0.25, 0.3) is 0 Å². The molecule has 1 saturated heterocycles. The lowest BCUT2D eigenvalue weighted by atomic mass is 9.81. The van der Waals surface area contributed by atoms with Crippen LogP contribution in [0.3, 0.4) is 0 Å². The molecule has 1 aromatic heterocycles. The highest BCUT2D eigenvalue weighted by molar-refractivity contribution is 5.98. The van der Waals surface area contributed by atoms with Gasteiger partial charge in [-0.25, -0.2) is 4.98 Å². The number of hydrogen-bond acceptors (Lipinski definition) is 5. The minimum absolute atomic E-state index is 0.0658. The predicted octanol–water partition coefficient (Wildman–Crippen LogP) is 5.40. The standard InChI is InChI=1S/C30H35N3O3/c1-21(2)23-10-12-24(13-11-23)33(20-22-9-14-29(31-19-22)32-15-17-36-18-16-32)30(35)27-7-3-6-26-25(27)5-4-8-28(26)34/h4-5,8-14,19,21,27,34H,3,6-7,15-18,20H2,1-2H3. The topological polar surface area (TPSA) is 65.9 Å². The summed E-state index contributed by atoms with van der Waals surface area (Å²) >= 11 is 0. The first-order valence-electron chi connectivity index (χ1n) is 13.0. The van der Waals surface area contributed by atoms with Crippen molar-refractivity contribution in [2.24, 2.45) is 0 Å². The highest BCUT2D eigenvalue weighted by Gasteiger charge is 2.32. The van der Waals surface area contributed by atoms with Crippen molar-refractivity contribution >= 4 is 17.4 Å². The lowest BCUT2D eigenvalue weighted by Crippen LogP contribution is -2.37. The van der Waals surface area contributed by atoms with E-state index in [-0.39, 0.29) is 11.8 Å². The third-order valence-corrected chi connectivity index (χ3v) is 7.40. The molecule has 36 heavy (non-hydrogen) atoms. The fourth-order valence-electron chi connectivity index (χ4n) is 5.28. The number of phenolic OH excluding ortho intramolecular Hbond substituents is 1. The molecule has 2 aromatic carbocycles. The average molecular weight is 486 g/mol. The minimum Gasteiger partial charge on any atom is -0.508 e. The van der Waals surface area contributed by atoms with Gasteiger partial charge >= 0.3 is 0 Å². The molecule has 1 atom stereocenters. The van der Waals surface area contributed by atoms with Gasteiger partial charge in [-0.05, 0) is 71.7 Å². The summed E-state index contributed by atoms with van der Waals surface area (Å²) in [6.07, 6.45) is 4.36. The molecular weight excluding hydrogens is 450 g/mol. The fraction of sp³-hybridized carbons (Fsp3) is 0.400. The number of amides is 1. The molecule has 1 N–H and O–H groups in total. The van der Waals surface area contributed by atoms with Gasteiger partial charge in [-0.1, -0.05) is 44.2 Å². The number of nitrogens with zero attached hydrogens (tertiary/aromatic N) is 3. The van der Waals surface area contributed by atoms with Crippen LogP contribution in [-0.4, -0.2) is 42.3 Å². The molecule has 5 rings (SSSR count). The lowest BCUT2D eigenvalue weighted by molar-refractivity contribution is -0.120. The number of rotatable bonds is 6. The smallest absolute Gasteiger partial charge is 0.234 e. The van der Waals surface area contributed by atoms with E-state index >= 15 is 0 Å². The van der Waals surface area contributed by atoms with Crippen LogP contribution in [0.1, 0.15) is 60.8 Å². The van der Waals surface area contributed by atoms with Gasteiger partial charge in [0, 0.05) is 25.0 Å². The van der Waals surface area contributed by atoms with Crippen LogP contribution in [0.4, 0.5) is 11.5 Å². The number of hydrogen-bond donors (Lipinski definition) is 1. The zero-order valence-corrected chi connectivity index (χ0v) is 21.2. The molecule has 1 amide bonds. The number of carbonyl (C=O) groups excluding carboxylic acids is 1. The van der Waals surface area contributed by atoms with Crippen molar-refractivity contribution in [1.82, 2.24) is 4.98 Å². The van der Waals surface area contributed by atoms with Crippen LogP contribution in [0, 0.1) is 0 Å². The second-order valence-electron chi connectivity index (χ2n) is 10.1. The SMILES string of the molecule is CC(C)c1ccc(N(Cc2ccc(N3CCOCC3)nc2)C(=O)C2CCCc3c(O)cccc32)cc1.